The average Bonchev–Trinajstić information content (AvgIpc) is 3.29. The second kappa shape index (κ2) is 9.19. The van der Waals surface area contributed by atoms with Crippen LogP contribution in [0.3, 0.4) is 0 Å². The molecule has 0 spiro atoms. The molecule has 35 heavy (non-hydrogen) atoms. The third-order valence-corrected chi connectivity index (χ3v) is 7.75. The molecule has 6 heteroatoms. The van der Waals surface area contributed by atoms with E-state index in [1.54, 1.807) is 0 Å². The van der Waals surface area contributed by atoms with Crippen LogP contribution in [0, 0.1) is 5.92 Å². The van der Waals surface area contributed by atoms with Crippen molar-refractivity contribution in [1.82, 2.24) is 20.0 Å². The van der Waals surface area contributed by atoms with Crippen molar-refractivity contribution in [2.75, 3.05) is 25.0 Å². The molecule has 0 aliphatic carbocycles. The number of nitrogens with zero attached hydrogens (tertiary/aromatic N) is 3. The first-order valence-corrected chi connectivity index (χ1v) is 12.5. The number of aromatic nitrogens is 2. The number of hydrogen-bond donors (Lipinski definition) is 2. The van der Waals surface area contributed by atoms with Gasteiger partial charge in [-0.15, -0.1) is 0 Å². The number of fused-ring (bicyclic) bond motifs is 4. The number of piperidine rings is 3. The van der Waals surface area contributed by atoms with Crippen molar-refractivity contribution in [2.24, 2.45) is 13.0 Å². The first kappa shape index (κ1) is 21.9. The van der Waals surface area contributed by atoms with Gasteiger partial charge in [-0.05, 0) is 60.3 Å². The SMILES string of the molecule is Cn1nc(-c2ccc3ccccc3c2)cc1[C@@H]1CN2CC[C@H]1C[C@@H]2CNC(=O)Nc1ccccc1. The molecule has 4 heterocycles. The monoisotopic (exact) mass is 465 g/mol. The number of carbonyl (C=O) groups is 1. The largest absolute Gasteiger partial charge is 0.336 e. The van der Waals surface area contributed by atoms with Crippen LogP contribution in [0.5, 0.6) is 0 Å². The highest BCUT2D eigenvalue weighted by Gasteiger charge is 2.41. The number of amides is 2. The van der Waals surface area contributed by atoms with Crippen molar-refractivity contribution in [3.8, 4) is 11.3 Å². The van der Waals surface area contributed by atoms with E-state index in [1.807, 2.05) is 30.3 Å². The van der Waals surface area contributed by atoms with Gasteiger partial charge in [-0.3, -0.25) is 9.58 Å². The van der Waals surface area contributed by atoms with Crippen LogP contribution in [0.2, 0.25) is 0 Å². The Morgan fingerprint density at radius 3 is 2.60 bits per heavy atom. The third-order valence-electron chi connectivity index (χ3n) is 7.75. The Kier molecular flexibility index (Phi) is 5.74. The normalized spacial score (nSPS) is 23.3. The van der Waals surface area contributed by atoms with E-state index in [0.717, 1.165) is 30.9 Å². The van der Waals surface area contributed by atoms with Gasteiger partial charge in [0, 0.05) is 49.0 Å². The molecule has 3 saturated heterocycles. The minimum atomic E-state index is -0.137. The lowest BCUT2D eigenvalue weighted by Crippen LogP contribution is -2.56. The fraction of sp³-hybridized carbons (Fsp3) is 0.310. The van der Waals surface area contributed by atoms with Crippen LogP contribution in [0.4, 0.5) is 10.5 Å². The second-order valence-corrected chi connectivity index (χ2v) is 9.88. The summed E-state index contributed by atoms with van der Waals surface area (Å²) in [5, 5.41) is 13.4. The van der Waals surface area contributed by atoms with Gasteiger partial charge in [0.25, 0.3) is 0 Å². The number of para-hydroxylation sites is 1. The maximum Gasteiger partial charge on any atom is 0.319 e. The molecule has 3 aliphatic heterocycles. The van der Waals surface area contributed by atoms with E-state index in [9.17, 15) is 4.79 Å². The molecule has 4 aromatic rings. The standard InChI is InChI=1S/C29H31N5O/c1-33-28(17-27(32-33)23-12-11-20-7-5-6-8-21(20)15-23)26-19-34-14-13-22(26)16-25(34)18-30-29(35)31-24-9-3-2-4-10-24/h2-12,15,17,22,25-26H,13-14,16,18-19H2,1H3,(H2,30,31,35)/t22-,25+,26+/m0/s1. The summed E-state index contributed by atoms with van der Waals surface area (Å²) in [5.41, 5.74) is 4.34. The molecule has 178 valence electrons. The van der Waals surface area contributed by atoms with E-state index in [1.165, 1.54) is 28.5 Å². The van der Waals surface area contributed by atoms with Crippen molar-refractivity contribution in [2.45, 2.75) is 24.8 Å². The molecule has 0 radical (unpaired) electrons. The number of aryl methyl sites for hydroxylation is 1. The Labute approximate surface area is 205 Å². The number of hydrogen-bond acceptors (Lipinski definition) is 3. The first-order valence-electron chi connectivity index (χ1n) is 12.5. The molecule has 3 aromatic carbocycles. The smallest absolute Gasteiger partial charge is 0.319 e. The summed E-state index contributed by atoms with van der Waals surface area (Å²) in [5.74, 6) is 1.09. The van der Waals surface area contributed by atoms with Crippen LogP contribution in [0.15, 0.2) is 78.9 Å². The second-order valence-electron chi connectivity index (χ2n) is 9.88. The highest BCUT2D eigenvalue weighted by atomic mass is 16.2. The molecule has 0 saturated carbocycles. The van der Waals surface area contributed by atoms with Crippen molar-refractivity contribution < 1.29 is 4.79 Å². The maximum absolute atomic E-state index is 12.4. The van der Waals surface area contributed by atoms with Crippen LogP contribution < -0.4 is 10.6 Å². The molecule has 2 bridgehead atoms. The minimum Gasteiger partial charge on any atom is -0.336 e. The van der Waals surface area contributed by atoms with Gasteiger partial charge in [-0.25, -0.2) is 4.79 Å². The zero-order valence-corrected chi connectivity index (χ0v) is 20.0. The van der Waals surface area contributed by atoms with Crippen molar-refractivity contribution in [3.05, 3.63) is 84.6 Å². The van der Waals surface area contributed by atoms with Crippen LogP contribution in [-0.2, 0) is 7.05 Å². The minimum absolute atomic E-state index is 0.137. The Balaban J connectivity index is 1.13. The molecule has 4 atom stereocenters. The molecule has 3 aliphatic rings. The summed E-state index contributed by atoms with van der Waals surface area (Å²) >= 11 is 0. The Morgan fingerprint density at radius 2 is 1.80 bits per heavy atom. The lowest BCUT2D eigenvalue weighted by Gasteiger charge is -2.49. The summed E-state index contributed by atoms with van der Waals surface area (Å²) in [4.78, 5) is 14.9. The average molecular weight is 466 g/mol. The quantitative estimate of drug-likeness (QED) is 0.424. The molecule has 7 rings (SSSR count). The van der Waals surface area contributed by atoms with Crippen molar-refractivity contribution in [1.29, 1.82) is 0 Å². The van der Waals surface area contributed by atoms with Gasteiger partial charge in [0.1, 0.15) is 0 Å². The van der Waals surface area contributed by atoms with Gasteiger partial charge in [0.15, 0.2) is 0 Å². The van der Waals surface area contributed by atoms with E-state index in [0.29, 0.717) is 24.4 Å². The van der Waals surface area contributed by atoms with E-state index in [4.69, 9.17) is 5.10 Å². The Hall–Kier alpha value is -3.64. The number of benzene rings is 3. The maximum atomic E-state index is 12.4. The van der Waals surface area contributed by atoms with Gasteiger partial charge in [0.05, 0.1) is 5.69 Å². The van der Waals surface area contributed by atoms with Crippen LogP contribution in [0.1, 0.15) is 24.5 Å². The zero-order chi connectivity index (χ0) is 23.8. The fourth-order valence-corrected chi connectivity index (χ4v) is 5.91. The lowest BCUT2D eigenvalue weighted by atomic mass is 9.74. The van der Waals surface area contributed by atoms with Gasteiger partial charge >= 0.3 is 6.03 Å². The Morgan fingerprint density at radius 1 is 1.00 bits per heavy atom. The first-order chi connectivity index (χ1) is 17.1. The molecule has 3 fully saturated rings. The van der Waals surface area contributed by atoms with E-state index in [-0.39, 0.29) is 6.03 Å². The summed E-state index contributed by atoms with van der Waals surface area (Å²) in [6, 6.07) is 27.2. The van der Waals surface area contributed by atoms with E-state index < -0.39 is 0 Å². The Bertz CT molecular complexity index is 1350. The molecule has 1 unspecified atom stereocenters. The van der Waals surface area contributed by atoms with Crippen molar-refractivity contribution >= 4 is 22.5 Å². The van der Waals surface area contributed by atoms with Crippen molar-refractivity contribution in [3.63, 3.8) is 0 Å². The van der Waals surface area contributed by atoms with Crippen LogP contribution >= 0.6 is 0 Å². The predicted molar refractivity (Wildman–Crippen MR) is 140 cm³/mol. The topological polar surface area (TPSA) is 62.2 Å². The lowest BCUT2D eigenvalue weighted by molar-refractivity contribution is 0.0296. The predicted octanol–water partition coefficient (Wildman–Crippen LogP) is 5.24. The molecular weight excluding hydrogens is 434 g/mol. The molecule has 2 N–H and O–H groups in total. The molecule has 1 aromatic heterocycles. The van der Waals surface area contributed by atoms with E-state index in [2.05, 4.69) is 75.8 Å². The number of rotatable bonds is 5. The molecular formula is C29H31N5O. The van der Waals surface area contributed by atoms with Crippen LogP contribution in [0.25, 0.3) is 22.0 Å². The number of nitrogens with one attached hydrogen (secondary N) is 2. The van der Waals surface area contributed by atoms with Gasteiger partial charge < -0.3 is 10.6 Å². The van der Waals surface area contributed by atoms with Gasteiger partial charge in [-0.1, -0.05) is 54.6 Å². The fourth-order valence-electron chi connectivity index (χ4n) is 5.91. The number of carbonyl (C=O) groups excluding carboxylic acids is 1. The van der Waals surface area contributed by atoms with Gasteiger partial charge in [0.2, 0.25) is 0 Å². The molecule has 6 nitrogen and oxygen atoms in total. The zero-order valence-electron chi connectivity index (χ0n) is 20.0. The van der Waals surface area contributed by atoms with Gasteiger partial charge in [-0.2, -0.15) is 5.10 Å². The highest BCUT2D eigenvalue weighted by molar-refractivity contribution is 5.89. The summed E-state index contributed by atoms with van der Waals surface area (Å²) in [6.45, 7) is 2.80. The van der Waals surface area contributed by atoms with Crippen LogP contribution in [-0.4, -0.2) is 46.4 Å². The summed E-state index contributed by atoms with van der Waals surface area (Å²) in [6.07, 6.45) is 2.31. The highest BCUT2D eigenvalue weighted by Crippen LogP contribution is 2.42. The van der Waals surface area contributed by atoms with E-state index >= 15 is 0 Å². The third kappa shape index (κ3) is 4.42. The number of anilines is 1. The summed E-state index contributed by atoms with van der Waals surface area (Å²) < 4.78 is 2.08. The molecule has 2 amide bonds. The summed E-state index contributed by atoms with van der Waals surface area (Å²) in [7, 11) is 2.07. The number of urea groups is 1.